The Morgan fingerprint density at radius 2 is 2.24 bits per heavy atom. The van der Waals surface area contributed by atoms with Gasteiger partial charge in [0.15, 0.2) is 0 Å². The molecular formula is C14H17F3N2O2. The molecule has 1 aliphatic heterocycles. The standard InChI is InChI=1S/C14H17F3N2O2/c1-2-21-13(20)10-5-4-8-19(9-10)12-7-3-6-11(18-12)14(15,16)17/h3,6-7,10H,2,4-5,8-9H2,1H3. The van der Waals surface area contributed by atoms with Crippen molar-refractivity contribution in [3.8, 4) is 0 Å². The normalized spacial score (nSPS) is 19.4. The predicted molar refractivity (Wildman–Crippen MR) is 70.8 cm³/mol. The Hall–Kier alpha value is -1.79. The lowest BCUT2D eigenvalue weighted by Gasteiger charge is -2.32. The van der Waals surface area contributed by atoms with Crippen molar-refractivity contribution < 1.29 is 22.7 Å². The van der Waals surface area contributed by atoms with E-state index in [2.05, 4.69) is 4.98 Å². The summed E-state index contributed by atoms with van der Waals surface area (Å²) < 4.78 is 43.0. The van der Waals surface area contributed by atoms with E-state index in [0.29, 0.717) is 26.1 Å². The molecule has 116 valence electrons. The number of piperidine rings is 1. The van der Waals surface area contributed by atoms with Crippen LogP contribution in [0.1, 0.15) is 25.5 Å². The van der Waals surface area contributed by atoms with E-state index in [9.17, 15) is 18.0 Å². The quantitative estimate of drug-likeness (QED) is 0.805. The molecule has 1 aliphatic rings. The van der Waals surface area contributed by atoms with Crippen molar-refractivity contribution in [2.45, 2.75) is 25.9 Å². The maximum atomic E-state index is 12.7. The lowest BCUT2D eigenvalue weighted by atomic mass is 9.98. The van der Waals surface area contributed by atoms with Gasteiger partial charge in [0.2, 0.25) is 0 Å². The number of pyridine rings is 1. The summed E-state index contributed by atoms with van der Waals surface area (Å²) in [6.07, 6.45) is -3.05. The monoisotopic (exact) mass is 302 g/mol. The van der Waals surface area contributed by atoms with E-state index in [1.807, 2.05) is 0 Å². The summed E-state index contributed by atoms with van der Waals surface area (Å²) >= 11 is 0. The van der Waals surface area contributed by atoms with Gasteiger partial charge in [-0.3, -0.25) is 4.79 Å². The number of carbonyl (C=O) groups is 1. The third-order valence-electron chi connectivity index (χ3n) is 3.39. The first-order chi connectivity index (χ1) is 9.91. The molecule has 1 saturated heterocycles. The predicted octanol–water partition coefficient (Wildman–Crippen LogP) is 2.88. The van der Waals surface area contributed by atoms with Crippen LogP contribution in [0.15, 0.2) is 18.2 Å². The zero-order valence-corrected chi connectivity index (χ0v) is 11.7. The molecule has 1 atom stereocenters. The fourth-order valence-electron chi connectivity index (χ4n) is 2.39. The Morgan fingerprint density at radius 1 is 1.48 bits per heavy atom. The van der Waals surface area contributed by atoms with Crippen LogP contribution >= 0.6 is 0 Å². The third-order valence-corrected chi connectivity index (χ3v) is 3.39. The third kappa shape index (κ3) is 3.86. The number of hydrogen-bond donors (Lipinski definition) is 0. The number of nitrogens with zero attached hydrogens (tertiary/aromatic N) is 2. The smallest absolute Gasteiger partial charge is 0.433 e. The summed E-state index contributed by atoms with van der Waals surface area (Å²) in [6, 6.07) is 3.80. The van der Waals surface area contributed by atoms with Gasteiger partial charge in [0.1, 0.15) is 11.5 Å². The second kappa shape index (κ2) is 6.32. The Labute approximate surface area is 120 Å². The molecule has 0 aromatic carbocycles. The van der Waals surface area contributed by atoms with Crippen LogP contribution in [0.2, 0.25) is 0 Å². The molecule has 0 radical (unpaired) electrons. The average Bonchev–Trinajstić information content (AvgIpc) is 2.47. The number of ether oxygens (including phenoxy) is 1. The summed E-state index contributed by atoms with van der Waals surface area (Å²) in [5.41, 5.74) is -0.918. The number of anilines is 1. The highest BCUT2D eigenvalue weighted by atomic mass is 19.4. The molecule has 7 heteroatoms. The molecule has 0 saturated carbocycles. The molecule has 0 amide bonds. The first-order valence-electron chi connectivity index (χ1n) is 6.87. The fourth-order valence-corrected chi connectivity index (χ4v) is 2.39. The summed E-state index contributed by atoms with van der Waals surface area (Å²) in [4.78, 5) is 17.1. The molecular weight excluding hydrogens is 285 g/mol. The van der Waals surface area contributed by atoms with Gasteiger partial charge in [-0.2, -0.15) is 13.2 Å². The van der Waals surface area contributed by atoms with Crippen LogP contribution in [0.3, 0.4) is 0 Å². The minimum Gasteiger partial charge on any atom is -0.466 e. The lowest BCUT2D eigenvalue weighted by Crippen LogP contribution is -2.40. The largest absolute Gasteiger partial charge is 0.466 e. The van der Waals surface area contributed by atoms with E-state index in [-0.39, 0.29) is 17.7 Å². The molecule has 1 unspecified atom stereocenters. The van der Waals surface area contributed by atoms with E-state index in [0.717, 1.165) is 12.5 Å². The highest BCUT2D eigenvalue weighted by Gasteiger charge is 2.33. The zero-order valence-electron chi connectivity index (χ0n) is 11.7. The number of alkyl halides is 3. The second-order valence-electron chi connectivity index (χ2n) is 4.92. The number of esters is 1. The van der Waals surface area contributed by atoms with Crippen LogP contribution in [0, 0.1) is 5.92 Å². The molecule has 0 N–H and O–H groups in total. The van der Waals surface area contributed by atoms with Crippen molar-refractivity contribution in [3.63, 3.8) is 0 Å². The van der Waals surface area contributed by atoms with E-state index < -0.39 is 11.9 Å². The molecule has 0 bridgehead atoms. The highest BCUT2D eigenvalue weighted by molar-refractivity contribution is 5.73. The summed E-state index contributed by atoms with van der Waals surface area (Å²) in [5.74, 6) is -0.358. The molecule has 1 aromatic heterocycles. The lowest BCUT2D eigenvalue weighted by molar-refractivity contribution is -0.148. The minimum atomic E-state index is -4.47. The number of rotatable bonds is 3. The minimum absolute atomic E-state index is 0.249. The van der Waals surface area contributed by atoms with Gasteiger partial charge in [-0.15, -0.1) is 0 Å². The van der Waals surface area contributed by atoms with E-state index in [1.165, 1.54) is 12.1 Å². The molecule has 4 nitrogen and oxygen atoms in total. The van der Waals surface area contributed by atoms with Crippen LogP contribution in [0.25, 0.3) is 0 Å². The topological polar surface area (TPSA) is 42.4 Å². The number of halogens is 3. The Morgan fingerprint density at radius 3 is 2.90 bits per heavy atom. The number of carbonyl (C=O) groups excluding carboxylic acids is 1. The second-order valence-corrected chi connectivity index (χ2v) is 4.92. The van der Waals surface area contributed by atoms with Crippen LogP contribution in [0.5, 0.6) is 0 Å². The molecule has 21 heavy (non-hydrogen) atoms. The maximum Gasteiger partial charge on any atom is 0.433 e. The van der Waals surface area contributed by atoms with Gasteiger partial charge in [0, 0.05) is 13.1 Å². The summed E-state index contributed by atoms with van der Waals surface area (Å²) in [7, 11) is 0. The highest BCUT2D eigenvalue weighted by Crippen LogP contribution is 2.30. The SMILES string of the molecule is CCOC(=O)C1CCCN(c2cccc(C(F)(F)F)n2)C1. The maximum absolute atomic E-state index is 12.7. The first kappa shape index (κ1) is 15.6. The van der Waals surface area contributed by atoms with Gasteiger partial charge in [0.25, 0.3) is 0 Å². The van der Waals surface area contributed by atoms with Gasteiger partial charge < -0.3 is 9.64 Å². The van der Waals surface area contributed by atoms with E-state index in [4.69, 9.17) is 4.74 Å². The van der Waals surface area contributed by atoms with Gasteiger partial charge in [-0.05, 0) is 31.9 Å². The van der Waals surface area contributed by atoms with Crippen LogP contribution in [-0.2, 0) is 15.7 Å². The van der Waals surface area contributed by atoms with Gasteiger partial charge in [-0.25, -0.2) is 4.98 Å². The Balaban J connectivity index is 2.13. The van der Waals surface area contributed by atoms with Gasteiger partial charge in [0.05, 0.1) is 12.5 Å². The van der Waals surface area contributed by atoms with E-state index >= 15 is 0 Å². The Kier molecular flexibility index (Phi) is 4.69. The van der Waals surface area contributed by atoms with Crippen LogP contribution in [0.4, 0.5) is 19.0 Å². The van der Waals surface area contributed by atoms with Gasteiger partial charge >= 0.3 is 12.1 Å². The molecule has 2 rings (SSSR count). The van der Waals surface area contributed by atoms with Crippen molar-refractivity contribution in [3.05, 3.63) is 23.9 Å². The first-order valence-corrected chi connectivity index (χ1v) is 6.87. The van der Waals surface area contributed by atoms with E-state index in [1.54, 1.807) is 11.8 Å². The molecule has 0 aliphatic carbocycles. The zero-order chi connectivity index (χ0) is 15.5. The van der Waals surface area contributed by atoms with Crippen molar-refractivity contribution in [2.75, 3.05) is 24.6 Å². The van der Waals surface area contributed by atoms with Crippen molar-refractivity contribution in [1.82, 2.24) is 4.98 Å². The summed E-state index contributed by atoms with van der Waals surface area (Å²) in [6.45, 7) is 2.96. The van der Waals surface area contributed by atoms with Gasteiger partial charge in [-0.1, -0.05) is 6.07 Å². The van der Waals surface area contributed by atoms with Crippen molar-refractivity contribution in [1.29, 1.82) is 0 Å². The average molecular weight is 302 g/mol. The van der Waals surface area contributed by atoms with Crippen LogP contribution < -0.4 is 4.90 Å². The Bertz CT molecular complexity index is 505. The number of hydrogen-bond acceptors (Lipinski definition) is 4. The van der Waals surface area contributed by atoms with Crippen LogP contribution in [-0.4, -0.2) is 30.6 Å². The summed E-state index contributed by atoms with van der Waals surface area (Å²) in [5, 5.41) is 0. The number of aromatic nitrogens is 1. The van der Waals surface area contributed by atoms with Crippen molar-refractivity contribution in [2.24, 2.45) is 5.92 Å². The molecule has 0 spiro atoms. The molecule has 2 heterocycles. The molecule has 1 fully saturated rings. The fraction of sp³-hybridized carbons (Fsp3) is 0.571. The van der Waals surface area contributed by atoms with Crippen molar-refractivity contribution >= 4 is 11.8 Å². The molecule has 1 aromatic rings.